The van der Waals surface area contributed by atoms with Gasteiger partial charge in [-0.15, -0.1) is 0 Å². The predicted molar refractivity (Wildman–Crippen MR) is 188 cm³/mol. The van der Waals surface area contributed by atoms with Crippen LogP contribution in [0.1, 0.15) is 107 Å². The van der Waals surface area contributed by atoms with Crippen LogP contribution in [0.4, 0.5) is 0 Å². The fraction of sp³-hybridized carbons (Fsp3) is 0.806. The van der Waals surface area contributed by atoms with E-state index in [-0.39, 0.29) is 30.2 Å². The van der Waals surface area contributed by atoms with Gasteiger partial charge in [-0.1, -0.05) is 74.7 Å². The maximum Gasteiger partial charge on any atom is 0.246 e. The quantitative estimate of drug-likeness (QED) is 0.252. The van der Waals surface area contributed by atoms with Crippen molar-refractivity contribution in [3.8, 4) is 0 Å². The second kappa shape index (κ2) is 18.5. The van der Waals surface area contributed by atoms with Crippen molar-refractivity contribution in [2.75, 3.05) is 19.6 Å². The molecule has 5 N–H and O–H groups in total. The molecule has 0 aromatic heterocycles. The number of amides is 7. The SMILES string of the molecule is CC[C@H](C)[C@@H]1NC(=O)[C@@H]2CCCN2C(=O)CNC(=O)[C@H](CC(C)C)NC(=O)[C@H]([C@@H](C)CC)NC(=O)[C@@H]2CCCN2C(=O)[C@H]([C@@H](C)CC)NC1=O. The molecule has 0 aliphatic carbocycles. The number of hydrogen-bond acceptors (Lipinski definition) is 7. The maximum atomic E-state index is 14.2. The number of carbonyl (C=O) groups is 7. The Morgan fingerprint density at radius 1 is 0.580 bits per heavy atom. The van der Waals surface area contributed by atoms with E-state index in [1.54, 1.807) is 0 Å². The number of fused-ring (bicyclic) bond motifs is 2. The highest BCUT2D eigenvalue weighted by Crippen LogP contribution is 2.24. The minimum atomic E-state index is -0.980. The van der Waals surface area contributed by atoms with Gasteiger partial charge in [0.2, 0.25) is 41.4 Å². The first-order valence-electron chi connectivity index (χ1n) is 18.7. The minimum absolute atomic E-state index is 0.0193. The van der Waals surface area contributed by atoms with Crippen molar-refractivity contribution in [3.05, 3.63) is 0 Å². The van der Waals surface area contributed by atoms with Gasteiger partial charge in [-0.3, -0.25) is 33.6 Å². The first-order chi connectivity index (χ1) is 23.6. The molecule has 0 aromatic carbocycles. The lowest BCUT2D eigenvalue weighted by atomic mass is 9.94. The molecule has 14 heteroatoms. The van der Waals surface area contributed by atoms with Crippen LogP contribution in [0.3, 0.4) is 0 Å². The topological polar surface area (TPSA) is 186 Å². The van der Waals surface area contributed by atoms with E-state index in [1.165, 1.54) is 9.80 Å². The lowest BCUT2D eigenvalue weighted by Crippen LogP contribution is -2.61. The Labute approximate surface area is 297 Å². The Morgan fingerprint density at radius 3 is 1.52 bits per heavy atom. The maximum absolute atomic E-state index is 14.2. The number of carbonyl (C=O) groups excluding carboxylic acids is 7. The molecule has 0 radical (unpaired) electrons. The summed E-state index contributed by atoms with van der Waals surface area (Å²) < 4.78 is 0. The number of rotatable bonds is 8. The third-order valence-electron chi connectivity index (χ3n) is 10.8. The van der Waals surface area contributed by atoms with E-state index in [9.17, 15) is 33.6 Å². The first-order valence-corrected chi connectivity index (χ1v) is 18.7. The molecular formula is C36H61N7O7. The summed E-state index contributed by atoms with van der Waals surface area (Å²) >= 11 is 0. The Bertz CT molecular complexity index is 1260. The summed E-state index contributed by atoms with van der Waals surface area (Å²) in [6.45, 7) is 15.3. The summed E-state index contributed by atoms with van der Waals surface area (Å²) in [5.41, 5.74) is 0. The highest BCUT2D eigenvalue weighted by Gasteiger charge is 2.43. The van der Waals surface area contributed by atoms with E-state index in [0.717, 1.165) is 0 Å². The standard InChI is InChI=1S/C36H61N7O7/c1-9-21(6)28-34(48)38-24(18-20(4)5)31(45)37-19-27(44)42-16-12-14-25(42)32(46)40-29(22(7)10-2)35(49)41-30(23(8)11-3)36(50)43-17-13-15-26(43)33(47)39-28/h20-26,28-30H,9-19H2,1-8H3,(H,37,45)(H,38,48)(H,39,47)(H,40,46)(H,41,49)/t21-,22-,23-,24-,25-,26-,28-,29-,30-/m0/s1. The summed E-state index contributed by atoms with van der Waals surface area (Å²) in [4.78, 5) is 99.3. The van der Waals surface area contributed by atoms with Crippen LogP contribution in [0.5, 0.6) is 0 Å². The second-order valence-corrected chi connectivity index (χ2v) is 15.0. The third kappa shape index (κ3) is 9.96. The zero-order chi connectivity index (χ0) is 37.3. The van der Waals surface area contributed by atoms with E-state index >= 15 is 0 Å². The van der Waals surface area contributed by atoms with Crippen molar-refractivity contribution in [2.24, 2.45) is 23.7 Å². The Hall–Kier alpha value is -3.71. The molecule has 3 aliphatic rings. The molecule has 282 valence electrons. The Balaban J connectivity index is 2.06. The Morgan fingerprint density at radius 2 is 1.02 bits per heavy atom. The number of hydrogen-bond donors (Lipinski definition) is 5. The van der Waals surface area contributed by atoms with Crippen LogP contribution in [0.15, 0.2) is 0 Å². The molecule has 7 amide bonds. The van der Waals surface area contributed by atoms with Crippen molar-refractivity contribution in [2.45, 2.75) is 143 Å². The van der Waals surface area contributed by atoms with Crippen molar-refractivity contribution in [1.29, 1.82) is 0 Å². The first kappa shape index (κ1) is 40.7. The molecule has 3 fully saturated rings. The van der Waals surface area contributed by atoms with Crippen LogP contribution >= 0.6 is 0 Å². The number of nitrogens with one attached hydrogen (secondary N) is 5. The van der Waals surface area contributed by atoms with Gasteiger partial charge in [-0.2, -0.15) is 0 Å². The van der Waals surface area contributed by atoms with Gasteiger partial charge in [0.15, 0.2) is 0 Å². The van der Waals surface area contributed by atoms with E-state index in [2.05, 4.69) is 26.6 Å². The molecule has 50 heavy (non-hydrogen) atoms. The van der Waals surface area contributed by atoms with Crippen molar-refractivity contribution < 1.29 is 33.6 Å². The van der Waals surface area contributed by atoms with Crippen LogP contribution in [0.25, 0.3) is 0 Å². The van der Waals surface area contributed by atoms with Crippen LogP contribution in [-0.4, -0.2) is 107 Å². The molecule has 3 saturated heterocycles. The molecule has 3 rings (SSSR count). The lowest BCUT2D eigenvalue weighted by molar-refractivity contribution is -0.144. The van der Waals surface area contributed by atoms with Gasteiger partial charge >= 0.3 is 0 Å². The number of nitrogens with zero attached hydrogens (tertiary/aromatic N) is 2. The molecular weight excluding hydrogens is 642 g/mol. The molecule has 3 aliphatic heterocycles. The zero-order valence-electron chi connectivity index (χ0n) is 31.3. The molecule has 0 spiro atoms. The van der Waals surface area contributed by atoms with Crippen LogP contribution in [0, 0.1) is 23.7 Å². The fourth-order valence-electron chi connectivity index (χ4n) is 7.00. The third-order valence-corrected chi connectivity index (χ3v) is 10.8. The van der Waals surface area contributed by atoms with Gasteiger partial charge in [0, 0.05) is 13.1 Å². The molecule has 9 atom stereocenters. The van der Waals surface area contributed by atoms with Crippen LogP contribution in [0.2, 0.25) is 0 Å². The summed E-state index contributed by atoms with van der Waals surface area (Å²) in [6.07, 6.45) is 3.93. The summed E-state index contributed by atoms with van der Waals surface area (Å²) in [5.74, 6) is -4.22. The summed E-state index contributed by atoms with van der Waals surface area (Å²) in [7, 11) is 0. The van der Waals surface area contributed by atoms with Crippen LogP contribution < -0.4 is 26.6 Å². The predicted octanol–water partition coefficient (Wildman–Crippen LogP) is 1.22. The normalized spacial score (nSPS) is 29.9. The fourth-order valence-corrected chi connectivity index (χ4v) is 7.00. The van der Waals surface area contributed by atoms with E-state index in [4.69, 9.17) is 0 Å². The molecule has 0 saturated carbocycles. The summed E-state index contributed by atoms with van der Waals surface area (Å²) in [6, 6.07) is -5.55. The second-order valence-electron chi connectivity index (χ2n) is 15.0. The van der Waals surface area contributed by atoms with E-state index in [0.29, 0.717) is 64.5 Å². The largest absolute Gasteiger partial charge is 0.345 e. The van der Waals surface area contributed by atoms with Gasteiger partial charge in [0.25, 0.3) is 0 Å². The van der Waals surface area contributed by atoms with E-state index < -0.39 is 77.6 Å². The monoisotopic (exact) mass is 703 g/mol. The van der Waals surface area contributed by atoms with Gasteiger partial charge in [-0.05, 0) is 55.8 Å². The van der Waals surface area contributed by atoms with Crippen LogP contribution in [-0.2, 0) is 33.6 Å². The van der Waals surface area contributed by atoms with Gasteiger partial charge in [0.1, 0.15) is 36.3 Å². The van der Waals surface area contributed by atoms with Gasteiger partial charge < -0.3 is 36.4 Å². The molecule has 0 unspecified atom stereocenters. The molecule has 0 aromatic rings. The van der Waals surface area contributed by atoms with Crippen molar-refractivity contribution in [1.82, 2.24) is 36.4 Å². The molecule has 0 bridgehead atoms. The smallest absolute Gasteiger partial charge is 0.246 e. The van der Waals surface area contributed by atoms with Crippen molar-refractivity contribution in [3.63, 3.8) is 0 Å². The van der Waals surface area contributed by atoms with Gasteiger partial charge in [-0.25, -0.2) is 0 Å². The zero-order valence-corrected chi connectivity index (χ0v) is 31.3. The highest BCUT2D eigenvalue weighted by molar-refractivity contribution is 5.98. The van der Waals surface area contributed by atoms with Gasteiger partial charge in [0.05, 0.1) is 6.54 Å². The Kier molecular flexibility index (Phi) is 15.1. The average Bonchev–Trinajstić information content (AvgIpc) is 3.79. The molecule has 14 nitrogen and oxygen atoms in total. The van der Waals surface area contributed by atoms with E-state index in [1.807, 2.05) is 55.4 Å². The average molecular weight is 704 g/mol. The lowest BCUT2D eigenvalue weighted by Gasteiger charge is -2.34. The molecule has 3 heterocycles. The van der Waals surface area contributed by atoms with Crippen molar-refractivity contribution >= 4 is 41.4 Å². The summed E-state index contributed by atoms with van der Waals surface area (Å²) in [5, 5.41) is 14.2. The highest BCUT2D eigenvalue weighted by atomic mass is 16.2. The minimum Gasteiger partial charge on any atom is -0.345 e.